The van der Waals surface area contributed by atoms with Gasteiger partial charge in [0.2, 0.25) is 0 Å². The van der Waals surface area contributed by atoms with Crippen LogP contribution in [-0.4, -0.2) is 23.7 Å². The van der Waals surface area contributed by atoms with Crippen LogP contribution in [0.3, 0.4) is 0 Å². The second-order valence-corrected chi connectivity index (χ2v) is 4.77. The largest absolute Gasteiger partial charge is 0.478 e. The first-order chi connectivity index (χ1) is 9.95. The molecule has 0 aliphatic heterocycles. The monoisotopic (exact) mass is 288 g/mol. The smallest absolute Gasteiger partial charge is 0.336 e. The number of carboxylic acids is 1. The Hall–Kier alpha value is -2.36. The third-order valence-corrected chi connectivity index (χ3v) is 2.79. The molecule has 1 N–H and O–H groups in total. The molecule has 0 bridgehead atoms. The highest BCUT2D eigenvalue weighted by molar-refractivity contribution is 5.98. The molecule has 0 spiro atoms. The van der Waals surface area contributed by atoms with Crippen LogP contribution in [0.4, 0.5) is 0 Å². The Morgan fingerprint density at radius 3 is 2.48 bits per heavy atom. The van der Waals surface area contributed by atoms with E-state index in [4.69, 9.17) is 4.74 Å². The number of aromatic carboxylic acids is 1. The van der Waals surface area contributed by atoms with Gasteiger partial charge in [-0.05, 0) is 44.9 Å². The molecule has 0 saturated carbocycles. The van der Waals surface area contributed by atoms with Gasteiger partial charge in [0.25, 0.3) is 0 Å². The Balaban J connectivity index is 3.21. The van der Waals surface area contributed by atoms with Crippen LogP contribution >= 0.6 is 0 Å². The Bertz CT molecular complexity index is 578. The predicted molar refractivity (Wildman–Crippen MR) is 82.1 cm³/mol. The summed E-state index contributed by atoms with van der Waals surface area (Å²) in [6.07, 6.45) is 3.90. The van der Waals surface area contributed by atoms with E-state index in [9.17, 15) is 14.7 Å². The molecule has 1 aromatic carbocycles. The Kier molecular flexibility index (Phi) is 6.40. The highest BCUT2D eigenvalue weighted by Gasteiger charge is 2.13. The number of ether oxygens (including phenoxy) is 1. The van der Waals surface area contributed by atoms with E-state index in [1.807, 2.05) is 19.9 Å². The molecule has 0 amide bonds. The van der Waals surface area contributed by atoms with Crippen molar-refractivity contribution in [1.82, 2.24) is 0 Å². The van der Waals surface area contributed by atoms with Gasteiger partial charge in [0.1, 0.15) is 0 Å². The van der Waals surface area contributed by atoms with Gasteiger partial charge in [-0.25, -0.2) is 9.59 Å². The summed E-state index contributed by atoms with van der Waals surface area (Å²) in [5.41, 5.74) is 2.18. The Labute approximate surface area is 124 Å². The number of hydrogen-bond donors (Lipinski definition) is 1. The van der Waals surface area contributed by atoms with E-state index < -0.39 is 11.9 Å². The maximum Gasteiger partial charge on any atom is 0.336 e. The van der Waals surface area contributed by atoms with Gasteiger partial charge in [-0.3, -0.25) is 0 Å². The van der Waals surface area contributed by atoms with Crippen molar-refractivity contribution in [3.8, 4) is 0 Å². The summed E-state index contributed by atoms with van der Waals surface area (Å²) in [4.78, 5) is 23.2. The molecule has 0 heterocycles. The summed E-state index contributed by atoms with van der Waals surface area (Å²) < 4.78 is 5.02. The molecule has 4 heteroatoms. The molecule has 1 aromatic rings. The quantitative estimate of drug-likeness (QED) is 0.492. The molecule has 0 aliphatic carbocycles. The highest BCUT2D eigenvalue weighted by Crippen LogP contribution is 2.17. The van der Waals surface area contributed by atoms with E-state index in [0.717, 1.165) is 5.57 Å². The van der Waals surface area contributed by atoms with Crippen LogP contribution < -0.4 is 0 Å². The van der Waals surface area contributed by atoms with Gasteiger partial charge in [-0.15, -0.1) is 0 Å². The van der Waals surface area contributed by atoms with Crippen molar-refractivity contribution in [2.75, 3.05) is 6.61 Å². The first-order valence-corrected chi connectivity index (χ1v) is 6.79. The summed E-state index contributed by atoms with van der Waals surface area (Å²) in [7, 11) is 0. The van der Waals surface area contributed by atoms with Crippen molar-refractivity contribution in [2.45, 2.75) is 27.2 Å². The zero-order valence-corrected chi connectivity index (χ0v) is 12.6. The summed E-state index contributed by atoms with van der Waals surface area (Å²) in [5, 5.41) is 9.18. The molecule has 1 rings (SSSR count). The van der Waals surface area contributed by atoms with Gasteiger partial charge in [0.05, 0.1) is 12.2 Å². The van der Waals surface area contributed by atoms with Crippen LogP contribution in [-0.2, 0) is 9.53 Å². The SMILES string of the molecule is CCOC(=O)/C(=C/c1ccccc1C(=O)O)CC=C(C)C. The van der Waals surface area contributed by atoms with Crippen molar-refractivity contribution >= 4 is 18.0 Å². The molecule has 0 aliphatic rings. The lowest BCUT2D eigenvalue weighted by atomic mass is 10.0. The van der Waals surface area contributed by atoms with Crippen molar-refractivity contribution in [3.63, 3.8) is 0 Å². The van der Waals surface area contributed by atoms with Crippen LogP contribution in [0.1, 0.15) is 43.1 Å². The van der Waals surface area contributed by atoms with Gasteiger partial charge in [-0.1, -0.05) is 29.8 Å². The Morgan fingerprint density at radius 2 is 1.90 bits per heavy atom. The van der Waals surface area contributed by atoms with Crippen molar-refractivity contribution in [2.24, 2.45) is 0 Å². The van der Waals surface area contributed by atoms with E-state index >= 15 is 0 Å². The van der Waals surface area contributed by atoms with Crippen molar-refractivity contribution in [1.29, 1.82) is 0 Å². The number of carbonyl (C=O) groups excluding carboxylic acids is 1. The second-order valence-electron chi connectivity index (χ2n) is 4.77. The summed E-state index contributed by atoms with van der Waals surface area (Å²) in [6.45, 7) is 5.90. The first kappa shape index (κ1) is 16.7. The van der Waals surface area contributed by atoms with Gasteiger partial charge in [0.15, 0.2) is 0 Å². The average molecular weight is 288 g/mol. The van der Waals surface area contributed by atoms with Gasteiger partial charge in [-0.2, -0.15) is 0 Å². The molecule has 21 heavy (non-hydrogen) atoms. The molecule has 4 nitrogen and oxygen atoms in total. The lowest BCUT2D eigenvalue weighted by Gasteiger charge is -2.07. The number of benzene rings is 1. The van der Waals surface area contributed by atoms with Crippen molar-refractivity contribution < 1.29 is 19.4 Å². The molecular weight excluding hydrogens is 268 g/mol. The minimum Gasteiger partial charge on any atom is -0.478 e. The molecule has 112 valence electrons. The average Bonchev–Trinajstić information content (AvgIpc) is 2.43. The maximum atomic E-state index is 12.0. The second kappa shape index (κ2) is 8.04. The normalized spacial score (nSPS) is 10.9. The molecule has 0 atom stereocenters. The Morgan fingerprint density at radius 1 is 1.24 bits per heavy atom. The molecule has 0 fully saturated rings. The van der Waals surface area contributed by atoms with E-state index in [1.165, 1.54) is 6.07 Å². The zero-order chi connectivity index (χ0) is 15.8. The van der Waals surface area contributed by atoms with Crippen LogP contribution in [0.2, 0.25) is 0 Å². The molecule has 0 unspecified atom stereocenters. The minimum atomic E-state index is -1.02. The van der Waals surface area contributed by atoms with Gasteiger partial charge in [0, 0.05) is 5.57 Å². The zero-order valence-electron chi connectivity index (χ0n) is 12.6. The van der Waals surface area contributed by atoms with Crippen LogP contribution in [0.15, 0.2) is 41.5 Å². The fourth-order valence-corrected chi connectivity index (χ4v) is 1.74. The first-order valence-electron chi connectivity index (χ1n) is 6.79. The summed E-state index contributed by atoms with van der Waals surface area (Å²) in [6, 6.07) is 6.58. The lowest BCUT2D eigenvalue weighted by Crippen LogP contribution is -2.08. The number of carbonyl (C=O) groups is 2. The van der Waals surface area contributed by atoms with E-state index in [2.05, 4.69) is 0 Å². The van der Waals surface area contributed by atoms with E-state index in [0.29, 0.717) is 17.6 Å². The maximum absolute atomic E-state index is 12.0. The number of hydrogen-bond acceptors (Lipinski definition) is 3. The number of allylic oxidation sites excluding steroid dienone is 2. The molecular formula is C17H20O4. The van der Waals surface area contributed by atoms with Crippen LogP contribution in [0.5, 0.6) is 0 Å². The van der Waals surface area contributed by atoms with Gasteiger partial charge >= 0.3 is 11.9 Å². The number of rotatable bonds is 6. The lowest BCUT2D eigenvalue weighted by molar-refractivity contribution is -0.138. The number of esters is 1. The molecule has 0 radical (unpaired) electrons. The third kappa shape index (κ3) is 5.26. The highest BCUT2D eigenvalue weighted by atomic mass is 16.5. The van der Waals surface area contributed by atoms with Crippen LogP contribution in [0.25, 0.3) is 6.08 Å². The fourth-order valence-electron chi connectivity index (χ4n) is 1.74. The summed E-state index contributed by atoms with van der Waals surface area (Å²) in [5.74, 6) is -1.44. The van der Waals surface area contributed by atoms with Crippen molar-refractivity contribution in [3.05, 3.63) is 52.6 Å². The van der Waals surface area contributed by atoms with E-state index in [1.54, 1.807) is 31.2 Å². The number of carboxylic acid groups (broad SMARTS) is 1. The van der Waals surface area contributed by atoms with Crippen LogP contribution in [0, 0.1) is 0 Å². The predicted octanol–water partition coefficient (Wildman–Crippen LogP) is 3.69. The van der Waals surface area contributed by atoms with E-state index in [-0.39, 0.29) is 12.2 Å². The molecule has 0 aromatic heterocycles. The summed E-state index contributed by atoms with van der Waals surface area (Å²) >= 11 is 0. The standard InChI is InChI=1S/C17H20O4/c1-4-21-17(20)14(10-9-12(2)3)11-13-7-5-6-8-15(13)16(18)19/h5-9,11H,4,10H2,1-3H3,(H,18,19)/b14-11+. The fraction of sp³-hybridized carbons (Fsp3) is 0.294. The minimum absolute atomic E-state index is 0.163. The topological polar surface area (TPSA) is 63.6 Å². The third-order valence-electron chi connectivity index (χ3n) is 2.79. The molecule has 0 saturated heterocycles. The van der Waals surface area contributed by atoms with Gasteiger partial charge < -0.3 is 9.84 Å².